The zero-order valence-corrected chi connectivity index (χ0v) is 14.9. The molecule has 0 aliphatic rings. The van der Waals surface area contributed by atoms with Crippen LogP contribution >= 0.6 is 11.6 Å². The number of benzene rings is 2. The monoisotopic (exact) mass is 367 g/mol. The van der Waals surface area contributed by atoms with Gasteiger partial charge in [0.2, 0.25) is 0 Å². The largest absolute Gasteiger partial charge is 0.293 e. The molecule has 2 aromatic rings. The van der Waals surface area contributed by atoms with Gasteiger partial charge in [0.1, 0.15) is 6.54 Å². The van der Waals surface area contributed by atoms with E-state index >= 15 is 0 Å². The molecule has 0 spiro atoms. The minimum atomic E-state index is -3.95. The fourth-order valence-corrected chi connectivity index (χ4v) is 3.85. The normalized spacial score (nSPS) is 11.2. The molecule has 0 atom stereocenters. The fraction of sp³-hybridized carbons (Fsp3) is 0.188. The summed E-state index contributed by atoms with van der Waals surface area (Å²) in [5.41, 5.74) is 4.12. The Hall–Kier alpha value is -2.09. The van der Waals surface area contributed by atoms with Crippen molar-refractivity contribution in [1.29, 1.82) is 0 Å². The van der Waals surface area contributed by atoms with Gasteiger partial charge in [-0.25, -0.2) is 14.3 Å². The molecule has 0 aromatic heterocycles. The average Bonchev–Trinajstić information content (AvgIpc) is 2.51. The van der Waals surface area contributed by atoms with Gasteiger partial charge >= 0.3 is 0 Å². The molecule has 2 rings (SSSR count). The first-order valence-electron chi connectivity index (χ1n) is 7.10. The molecular weight excluding hydrogens is 350 g/mol. The molecule has 0 radical (unpaired) electrons. The number of halogens is 1. The summed E-state index contributed by atoms with van der Waals surface area (Å²) in [6.07, 6.45) is 0. The highest BCUT2D eigenvalue weighted by Crippen LogP contribution is 2.26. The smallest absolute Gasteiger partial charge is 0.264 e. The maximum absolute atomic E-state index is 13.0. The van der Waals surface area contributed by atoms with Crippen molar-refractivity contribution in [2.75, 3.05) is 10.8 Å². The van der Waals surface area contributed by atoms with Crippen LogP contribution in [0.4, 0.5) is 5.69 Å². The lowest BCUT2D eigenvalue weighted by Gasteiger charge is -2.24. The summed E-state index contributed by atoms with van der Waals surface area (Å²) in [6, 6.07) is 11.1. The summed E-state index contributed by atoms with van der Waals surface area (Å²) >= 11 is 5.82. The second kappa shape index (κ2) is 7.21. The molecule has 8 heteroatoms. The van der Waals surface area contributed by atoms with Gasteiger partial charge < -0.3 is 0 Å². The van der Waals surface area contributed by atoms with Crippen molar-refractivity contribution in [3.05, 3.63) is 58.6 Å². The first-order valence-corrected chi connectivity index (χ1v) is 8.92. The number of sulfonamides is 1. The number of carbonyl (C=O) groups excluding carboxylic acids is 1. The molecular formula is C16H18ClN3O3S. The quantitative estimate of drug-likeness (QED) is 0.481. The summed E-state index contributed by atoms with van der Waals surface area (Å²) in [4.78, 5) is 11.8. The van der Waals surface area contributed by atoms with Crippen LogP contribution in [0.1, 0.15) is 11.1 Å². The molecule has 24 heavy (non-hydrogen) atoms. The van der Waals surface area contributed by atoms with E-state index in [9.17, 15) is 13.2 Å². The second-order valence-corrected chi connectivity index (χ2v) is 7.68. The Balaban J connectivity index is 2.56. The third-order valence-corrected chi connectivity index (χ3v) is 5.38. The van der Waals surface area contributed by atoms with Crippen molar-refractivity contribution < 1.29 is 13.2 Å². The topological polar surface area (TPSA) is 92.5 Å². The van der Waals surface area contributed by atoms with Crippen LogP contribution < -0.4 is 15.6 Å². The van der Waals surface area contributed by atoms with Crippen LogP contribution in [-0.2, 0) is 14.8 Å². The van der Waals surface area contributed by atoms with Gasteiger partial charge in [0.25, 0.3) is 15.9 Å². The van der Waals surface area contributed by atoms with Crippen LogP contribution in [0.15, 0.2) is 47.4 Å². The van der Waals surface area contributed by atoms with Crippen LogP contribution in [0.3, 0.4) is 0 Å². The van der Waals surface area contributed by atoms with E-state index < -0.39 is 22.5 Å². The van der Waals surface area contributed by atoms with E-state index in [2.05, 4.69) is 0 Å². The Morgan fingerprint density at radius 1 is 1.12 bits per heavy atom. The van der Waals surface area contributed by atoms with Gasteiger partial charge in [-0.3, -0.25) is 14.5 Å². The summed E-state index contributed by atoms with van der Waals surface area (Å²) in [5, 5.41) is 0.423. The van der Waals surface area contributed by atoms with E-state index in [1.54, 1.807) is 12.1 Å². The molecule has 3 N–H and O–H groups in total. The standard InChI is InChI=1S/C16H18ClN3O3S/c1-11-7-12(2)9-14(8-11)20(10-16(21)19-18)24(22,23)15-5-3-13(17)4-6-15/h3-9H,10,18H2,1-2H3,(H,19,21). The average molecular weight is 368 g/mol. The maximum atomic E-state index is 13.0. The molecule has 2 aromatic carbocycles. The molecule has 0 heterocycles. The zero-order valence-electron chi connectivity index (χ0n) is 13.3. The molecule has 128 valence electrons. The fourth-order valence-electron chi connectivity index (χ4n) is 2.32. The minimum absolute atomic E-state index is 0.0379. The number of hydrogen-bond donors (Lipinski definition) is 2. The molecule has 6 nitrogen and oxygen atoms in total. The number of rotatable bonds is 5. The van der Waals surface area contributed by atoms with Crippen LogP contribution in [-0.4, -0.2) is 20.9 Å². The van der Waals surface area contributed by atoms with Crippen molar-refractivity contribution in [3.8, 4) is 0 Å². The SMILES string of the molecule is Cc1cc(C)cc(N(CC(=O)NN)S(=O)(=O)c2ccc(Cl)cc2)c1. The number of amides is 1. The summed E-state index contributed by atoms with van der Waals surface area (Å²) < 4.78 is 27.0. The Kier molecular flexibility index (Phi) is 5.48. The van der Waals surface area contributed by atoms with Crippen LogP contribution in [0.25, 0.3) is 0 Å². The third kappa shape index (κ3) is 4.05. The Morgan fingerprint density at radius 3 is 2.17 bits per heavy atom. The Morgan fingerprint density at radius 2 is 1.67 bits per heavy atom. The van der Waals surface area contributed by atoms with Gasteiger partial charge in [0.05, 0.1) is 10.6 Å². The Bertz CT molecular complexity index is 831. The van der Waals surface area contributed by atoms with Gasteiger partial charge in [-0.05, 0) is 61.4 Å². The van der Waals surface area contributed by atoms with Gasteiger partial charge in [-0.15, -0.1) is 0 Å². The van der Waals surface area contributed by atoms with Crippen molar-refractivity contribution in [2.24, 2.45) is 5.84 Å². The highest BCUT2D eigenvalue weighted by Gasteiger charge is 2.27. The predicted molar refractivity (Wildman–Crippen MR) is 94.2 cm³/mol. The predicted octanol–water partition coefficient (Wildman–Crippen LogP) is 2.14. The van der Waals surface area contributed by atoms with E-state index in [0.717, 1.165) is 15.4 Å². The number of aryl methyl sites for hydroxylation is 2. The molecule has 0 unspecified atom stereocenters. The lowest BCUT2D eigenvalue weighted by molar-refractivity contribution is -0.119. The number of hydrazine groups is 1. The van der Waals surface area contributed by atoms with Gasteiger partial charge in [0.15, 0.2) is 0 Å². The summed E-state index contributed by atoms with van der Waals surface area (Å²) in [7, 11) is -3.95. The highest BCUT2D eigenvalue weighted by molar-refractivity contribution is 7.92. The summed E-state index contributed by atoms with van der Waals surface area (Å²) in [6.45, 7) is 3.28. The van der Waals surface area contributed by atoms with Crippen LogP contribution in [0, 0.1) is 13.8 Å². The zero-order chi connectivity index (χ0) is 17.9. The van der Waals surface area contributed by atoms with E-state index in [0.29, 0.717) is 10.7 Å². The van der Waals surface area contributed by atoms with E-state index in [1.807, 2.05) is 25.3 Å². The maximum Gasteiger partial charge on any atom is 0.264 e. The van der Waals surface area contributed by atoms with Crippen LogP contribution in [0.2, 0.25) is 5.02 Å². The lowest BCUT2D eigenvalue weighted by Crippen LogP contribution is -2.43. The highest BCUT2D eigenvalue weighted by atomic mass is 35.5. The number of nitrogens with zero attached hydrogens (tertiary/aromatic N) is 1. The number of carbonyl (C=O) groups is 1. The molecule has 0 saturated carbocycles. The first kappa shape index (κ1) is 18.3. The number of hydrogen-bond acceptors (Lipinski definition) is 4. The summed E-state index contributed by atoms with van der Waals surface area (Å²) in [5.74, 6) is 4.50. The molecule has 1 amide bonds. The Labute approximate surface area is 146 Å². The van der Waals surface area contributed by atoms with Crippen molar-refractivity contribution in [1.82, 2.24) is 5.43 Å². The van der Waals surface area contributed by atoms with E-state index in [-0.39, 0.29) is 4.90 Å². The van der Waals surface area contributed by atoms with Crippen molar-refractivity contribution in [3.63, 3.8) is 0 Å². The number of nitrogens with one attached hydrogen (secondary N) is 1. The van der Waals surface area contributed by atoms with Gasteiger partial charge in [-0.2, -0.15) is 0 Å². The lowest BCUT2D eigenvalue weighted by atomic mass is 10.1. The second-order valence-electron chi connectivity index (χ2n) is 5.38. The van der Waals surface area contributed by atoms with E-state index in [1.165, 1.54) is 24.3 Å². The van der Waals surface area contributed by atoms with E-state index in [4.69, 9.17) is 17.4 Å². The first-order chi connectivity index (χ1) is 11.2. The number of anilines is 1. The van der Waals surface area contributed by atoms with Crippen molar-refractivity contribution in [2.45, 2.75) is 18.7 Å². The minimum Gasteiger partial charge on any atom is -0.293 e. The molecule has 0 saturated heterocycles. The van der Waals surface area contributed by atoms with Gasteiger partial charge in [-0.1, -0.05) is 17.7 Å². The van der Waals surface area contributed by atoms with Crippen molar-refractivity contribution >= 4 is 33.2 Å². The number of nitrogens with two attached hydrogens (primary N) is 1. The third-order valence-electron chi connectivity index (χ3n) is 3.34. The molecule has 0 bridgehead atoms. The molecule has 0 aliphatic heterocycles. The van der Waals surface area contributed by atoms with Crippen LogP contribution in [0.5, 0.6) is 0 Å². The van der Waals surface area contributed by atoms with Gasteiger partial charge in [0, 0.05) is 5.02 Å². The molecule has 0 aliphatic carbocycles. The molecule has 0 fully saturated rings.